The van der Waals surface area contributed by atoms with E-state index in [-0.39, 0.29) is 0 Å². The molecule has 0 bridgehead atoms. The van der Waals surface area contributed by atoms with Gasteiger partial charge in [0.25, 0.3) is 0 Å². The molecule has 0 aliphatic carbocycles. The molecular formula is C11H22N4. The summed E-state index contributed by atoms with van der Waals surface area (Å²) < 4.78 is 1.91. The highest BCUT2D eigenvalue weighted by Gasteiger charge is 1.96. The Morgan fingerprint density at radius 2 is 2.07 bits per heavy atom. The first-order valence-electron chi connectivity index (χ1n) is 5.73. The van der Waals surface area contributed by atoms with E-state index in [2.05, 4.69) is 22.7 Å². The molecule has 0 atom stereocenters. The lowest BCUT2D eigenvalue weighted by Gasteiger charge is -2.05. The van der Waals surface area contributed by atoms with E-state index in [0.29, 0.717) is 0 Å². The molecule has 0 aromatic carbocycles. The smallest absolute Gasteiger partial charge is 0.0518 e. The van der Waals surface area contributed by atoms with E-state index < -0.39 is 0 Å². The minimum atomic E-state index is 0.907. The summed E-state index contributed by atoms with van der Waals surface area (Å²) in [6, 6.07) is 2.04. The van der Waals surface area contributed by atoms with Crippen molar-refractivity contribution in [3.05, 3.63) is 18.0 Å². The van der Waals surface area contributed by atoms with Crippen LogP contribution in [0.2, 0.25) is 0 Å². The highest BCUT2D eigenvalue weighted by atomic mass is 15.3. The minimum absolute atomic E-state index is 0.907. The van der Waals surface area contributed by atoms with Gasteiger partial charge in [-0.25, -0.2) is 0 Å². The molecule has 0 aliphatic heterocycles. The van der Waals surface area contributed by atoms with E-state index in [1.54, 1.807) is 0 Å². The third-order valence-electron chi connectivity index (χ3n) is 2.36. The lowest BCUT2D eigenvalue weighted by atomic mass is 10.3. The SMILES string of the molecule is CCCNCCCNCc1ccnn1C. The normalized spacial score (nSPS) is 10.8. The van der Waals surface area contributed by atoms with Gasteiger partial charge in [-0.05, 0) is 38.5 Å². The van der Waals surface area contributed by atoms with Gasteiger partial charge < -0.3 is 10.6 Å². The summed E-state index contributed by atoms with van der Waals surface area (Å²) in [6.45, 7) is 6.38. The van der Waals surface area contributed by atoms with Gasteiger partial charge in [0.15, 0.2) is 0 Å². The van der Waals surface area contributed by atoms with Crippen molar-refractivity contribution in [1.29, 1.82) is 0 Å². The number of aromatic nitrogens is 2. The van der Waals surface area contributed by atoms with E-state index in [4.69, 9.17) is 0 Å². The number of hydrogen-bond donors (Lipinski definition) is 2. The van der Waals surface area contributed by atoms with Gasteiger partial charge in [-0.1, -0.05) is 6.92 Å². The lowest BCUT2D eigenvalue weighted by molar-refractivity contribution is 0.575. The Labute approximate surface area is 92.1 Å². The molecule has 1 aromatic rings. The highest BCUT2D eigenvalue weighted by molar-refractivity contribution is 4.98. The average Bonchev–Trinajstić information content (AvgIpc) is 2.63. The molecule has 2 N–H and O–H groups in total. The molecule has 4 heteroatoms. The fraction of sp³-hybridized carbons (Fsp3) is 0.727. The van der Waals surface area contributed by atoms with Gasteiger partial charge in [-0.2, -0.15) is 5.10 Å². The molecule has 0 fully saturated rings. The third-order valence-corrected chi connectivity index (χ3v) is 2.36. The molecule has 1 rings (SSSR count). The maximum atomic E-state index is 4.12. The molecule has 0 saturated carbocycles. The van der Waals surface area contributed by atoms with Gasteiger partial charge in [0.1, 0.15) is 0 Å². The molecule has 0 spiro atoms. The van der Waals surface area contributed by atoms with Gasteiger partial charge in [-0.3, -0.25) is 4.68 Å². The Kier molecular flexibility index (Phi) is 6.04. The summed E-state index contributed by atoms with van der Waals surface area (Å²) >= 11 is 0. The van der Waals surface area contributed by atoms with E-state index in [0.717, 1.165) is 26.2 Å². The first-order chi connectivity index (χ1) is 7.34. The number of nitrogens with zero attached hydrogens (tertiary/aromatic N) is 2. The predicted octanol–water partition coefficient (Wildman–Crippen LogP) is 0.899. The monoisotopic (exact) mass is 210 g/mol. The summed E-state index contributed by atoms with van der Waals surface area (Å²) in [7, 11) is 1.97. The number of hydrogen-bond acceptors (Lipinski definition) is 3. The Bertz CT molecular complexity index is 257. The van der Waals surface area contributed by atoms with Crippen molar-refractivity contribution in [2.45, 2.75) is 26.3 Å². The van der Waals surface area contributed by atoms with Crippen LogP contribution in [-0.4, -0.2) is 29.4 Å². The summed E-state index contributed by atoms with van der Waals surface area (Å²) in [6.07, 6.45) is 4.22. The Morgan fingerprint density at radius 3 is 2.73 bits per heavy atom. The molecule has 0 aliphatic rings. The largest absolute Gasteiger partial charge is 0.317 e. The first-order valence-corrected chi connectivity index (χ1v) is 5.73. The molecule has 0 unspecified atom stereocenters. The lowest BCUT2D eigenvalue weighted by Crippen LogP contribution is -2.22. The second-order valence-electron chi connectivity index (χ2n) is 3.73. The minimum Gasteiger partial charge on any atom is -0.317 e. The Morgan fingerprint density at radius 1 is 1.27 bits per heavy atom. The molecule has 86 valence electrons. The molecule has 1 aromatic heterocycles. The van der Waals surface area contributed by atoms with Crippen molar-refractivity contribution in [3.63, 3.8) is 0 Å². The zero-order valence-corrected chi connectivity index (χ0v) is 9.79. The Hall–Kier alpha value is -0.870. The van der Waals surface area contributed by atoms with E-state index in [1.807, 2.05) is 24.0 Å². The predicted molar refractivity (Wildman–Crippen MR) is 62.7 cm³/mol. The van der Waals surface area contributed by atoms with E-state index in [1.165, 1.54) is 18.5 Å². The van der Waals surface area contributed by atoms with Crippen molar-refractivity contribution in [2.24, 2.45) is 7.05 Å². The summed E-state index contributed by atoms with van der Waals surface area (Å²) in [5.74, 6) is 0. The number of aryl methyl sites for hydroxylation is 1. The zero-order chi connectivity index (χ0) is 10.9. The molecule has 15 heavy (non-hydrogen) atoms. The van der Waals surface area contributed by atoms with Crippen LogP contribution in [-0.2, 0) is 13.6 Å². The summed E-state index contributed by atoms with van der Waals surface area (Å²) in [5.41, 5.74) is 1.23. The van der Waals surface area contributed by atoms with Gasteiger partial charge in [0.2, 0.25) is 0 Å². The van der Waals surface area contributed by atoms with Crippen molar-refractivity contribution < 1.29 is 0 Å². The van der Waals surface area contributed by atoms with Gasteiger partial charge >= 0.3 is 0 Å². The molecule has 0 saturated heterocycles. The third kappa shape index (κ3) is 4.95. The Balaban J connectivity index is 1.96. The first kappa shape index (κ1) is 12.2. The number of rotatable bonds is 8. The van der Waals surface area contributed by atoms with Crippen LogP contribution in [0.1, 0.15) is 25.5 Å². The van der Waals surface area contributed by atoms with Crippen LogP contribution >= 0.6 is 0 Å². The van der Waals surface area contributed by atoms with Crippen LogP contribution in [0.3, 0.4) is 0 Å². The zero-order valence-electron chi connectivity index (χ0n) is 9.79. The quantitative estimate of drug-likeness (QED) is 0.626. The fourth-order valence-electron chi connectivity index (χ4n) is 1.43. The fourth-order valence-corrected chi connectivity index (χ4v) is 1.43. The maximum Gasteiger partial charge on any atom is 0.0518 e. The molecule has 0 amide bonds. The second-order valence-corrected chi connectivity index (χ2v) is 3.73. The van der Waals surface area contributed by atoms with Crippen molar-refractivity contribution in [1.82, 2.24) is 20.4 Å². The summed E-state index contributed by atoms with van der Waals surface area (Å²) in [5, 5.41) is 10.9. The van der Waals surface area contributed by atoms with Crippen LogP contribution in [0.5, 0.6) is 0 Å². The average molecular weight is 210 g/mol. The molecule has 0 radical (unpaired) electrons. The van der Waals surface area contributed by atoms with Gasteiger partial charge in [-0.15, -0.1) is 0 Å². The molecule has 1 heterocycles. The number of nitrogens with one attached hydrogen (secondary N) is 2. The van der Waals surface area contributed by atoms with Crippen LogP contribution in [0.15, 0.2) is 12.3 Å². The van der Waals surface area contributed by atoms with Crippen LogP contribution in [0.4, 0.5) is 0 Å². The van der Waals surface area contributed by atoms with Crippen LogP contribution in [0.25, 0.3) is 0 Å². The molecular weight excluding hydrogens is 188 g/mol. The van der Waals surface area contributed by atoms with Crippen molar-refractivity contribution >= 4 is 0 Å². The maximum absolute atomic E-state index is 4.12. The summed E-state index contributed by atoms with van der Waals surface area (Å²) in [4.78, 5) is 0. The van der Waals surface area contributed by atoms with Crippen molar-refractivity contribution in [3.8, 4) is 0 Å². The second kappa shape index (κ2) is 7.43. The van der Waals surface area contributed by atoms with Crippen LogP contribution in [0, 0.1) is 0 Å². The molecule has 4 nitrogen and oxygen atoms in total. The standard InChI is InChI=1S/C11H22N4/c1-3-6-12-7-4-8-13-10-11-5-9-14-15(11)2/h5,9,12-13H,3-4,6-8,10H2,1-2H3. The topological polar surface area (TPSA) is 41.9 Å². The van der Waals surface area contributed by atoms with Gasteiger partial charge in [0.05, 0.1) is 5.69 Å². The van der Waals surface area contributed by atoms with E-state index in [9.17, 15) is 0 Å². The van der Waals surface area contributed by atoms with Crippen molar-refractivity contribution in [2.75, 3.05) is 19.6 Å². The van der Waals surface area contributed by atoms with Crippen LogP contribution < -0.4 is 10.6 Å². The highest BCUT2D eigenvalue weighted by Crippen LogP contribution is 1.94. The van der Waals surface area contributed by atoms with E-state index >= 15 is 0 Å². The van der Waals surface area contributed by atoms with Gasteiger partial charge in [0, 0.05) is 19.8 Å².